The summed E-state index contributed by atoms with van der Waals surface area (Å²) in [5.41, 5.74) is 5.88. The molecule has 0 saturated heterocycles. The van der Waals surface area contributed by atoms with E-state index in [-0.39, 0.29) is 5.82 Å². The van der Waals surface area contributed by atoms with Gasteiger partial charge in [-0.15, -0.1) is 9.24 Å². The van der Waals surface area contributed by atoms with Gasteiger partial charge in [-0.25, -0.2) is 4.39 Å². The largest absolute Gasteiger partial charge is 0.253 e. The molecule has 2 nitrogen and oxygen atoms in total. The second kappa shape index (κ2) is 6.78. The summed E-state index contributed by atoms with van der Waals surface area (Å²) in [4.78, 5) is 9.37. The lowest BCUT2D eigenvalue weighted by Gasteiger charge is -2.08. The first kappa shape index (κ1) is 17.0. The Bertz CT molecular complexity index is 1210. The fourth-order valence-electron chi connectivity index (χ4n) is 3.43. The normalized spacial score (nSPS) is 11.2. The molecule has 0 fully saturated rings. The lowest BCUT2D eigenvalue weighted by atomic mass is 10.0. The predicted molar refractivity (Wildman–Crippen MR) is 117 cm³/mol. The zero-order valence-corrected chi connectivity index (χ0v) is 16.1. The monoisotopic (exact) mass is 382 g/mol. The standard InChI is InChI=1S/C24H16FN2P/c25-21-7-3-15(4-8-21)19-11-17-1-2-18-12-20(16-5-9-22(28)10-6-16)14-27-24(18)23(17)26-13-19/h1-14H,28H2. The van der Waals surface area contributed by atoms with E-state index < -0.39 is 0 Å². The van der Waals surface area contributed by atoms with Crippen molar-refractivity contribution in [1.29, 1.82) is 0 Å². The summed E-state index contributed by atoms with van der Waals surface area (Å²) in [6, 6.07) is 23.2. The Balaban J connectivity index is 1.61. The molecule has 0 saturated carbocycles. The molecule has 5 aromatic rings. The van der Waals surface area contributed by atoms with Crippen LogP contribution in [-0.2, 0) is 0 Å². The van der Waals surface area contributed by atoms with Gasteiger partial charge in [0.25, 0.3) is 0 Å². The highest BCUT2D eigenvalue weighted by atomic mass is 31.0. The topological polar surface area (TPSA) is 25.8 Å². The van der Waals surface area contributed by atoms with Crippen LogP contribution in [0.5, 0.6) is 0 Å². The number of benzene rings is 3. The average Bonchev–Trinajstić information content (AvgIpc) is 2.74. The fraction of sp³-hybridized carbons (Fsp3) is 0. The molecule has 2 aromatic heterocycles. The third-order valence-electron chi connectivity index (χ3n) is 4.92. The van der Waals surface area contributed by atoms with E-state index in [1.165, 1.54) is 12.1 Å². The molecule has 0 aliphatic heterocycles. The van der Waals surface area contributed by atoms with Gasteiger partial charge in [0.1, 0.15) is 5.82 Å². The molecule has 0 bridgehead atoms. The highest BCUT2D eigenvalue weighted by molar-refractivity contribution is 7.27. The van der Waals surface area contributed by atoms with Gasteiger partial charge < -0.3 is 0 Å². The van der Waals surface area contributed by atoms with E-state index in [9.17, 15) is 4.39 Å². The highest BCUT2D eigenvalue weighted by Crippen LogP contribution is 2.29. The molecule has 2 heterocycles. The van der Waals surface area contributed by atoms with Gasteiger partial charge in [-0.2, -0.15) is 0 Å². The molecule has 3 aromatic carbocycles. The van der Waals surface area contributed by atoms with Crippen LogP contribution in [0, 0.1) is 5.82 Å². The SMILES string of the molecule is Fc1ccc(-c2cnc3c(ccc4cc(-c5ccc(P)cc5)cnc43)c2)cc1. The molecule has 0 radical (unpaired) electrons. The average molecular weight is 382 g/mol. The van der Waals surface area contributed by atoms with Crippen LogP contribution in [0.1, 0.15) is 0 Å². The van der Waals surface area contributed by atoms with Crippen LogP contribution in [0.4, 0.5) is 4.39 Å². The van der Waals surface area contributed by atoms with Crippen molar-refractivity contribution >= 4 is 36.4 Å². The Morgan fingerprint density at radius 2 is 1.04 bits per heavy atom. The molecule has 134 valence electrons. The Labute approximate surface area is 164 Å². The summed E-state index contributed by atoms with van der Waals surface area (Å²) in [5.74, 6) is -0.240. The van der Waals surface area contributed by atoms with E-state index in [2.05, 4.69) is 62.8 Å². The van der Waals surface area contributed by atoms with E-state index in [1.54, 1.807) is 12.1 Å². The van der Waals surface area contributed by atoms with Crippen LogP contribution in [0.2, 0.25) is 0 Å². The number of hydrogen-bond donors (Lipinski definition) is 0. The molecule has 1 atom stereocenters. The van der Waals surface area contributed by atoms with Crippen LogP contribution < -0.4 is 5.30 Å². The number of fused-ring (bicyclic) bond motifs is 3. The highest BCUT2D eigenvalue weighted by Gasteiger charge is 2.08. The van der Waals surface area contributed by atoms with Crippen LogP contribution in [0.25, 0.3) is 44.1 Å². The van der Waals surface area contributed by atoms with Gasteiger partial charge in [0, 0.05) is 34.3 Å². The molecular weight excluding hydrogens is 366 g/mol. The third-order valence-corrected chi connectivity index (χ3v) is 5.31. The number of pyridine rings is 2. The Morgan fingerprint density at radius 3 is 1.54 bits per heavy atom. The van der Waals surface area contributed by atoms with Crippen molar-refractivity contribution in [1.82, 2.24) is 9.97 Å². The molecule has 4 heteroatoms. The first-order valence-corrected chi connectivity index (χ1v) is 9.55. The predicted octanol–water partition coefficient (Wildman–Crippen LogP) is 5.76. The first-order valence-electron chi connectivity index (χ1n) is 8.98. The summed E-state index contributed by atoms with van der Waals surface area (Å²) in [6.45, 7) is 0. The van der Waals surface area contributed by atoms with Gasteiger partial charge in [0.2, 0.25) is 0 Å². The number of hydrogen-bond acceptors (Lipinski definition) is 2. The molecular formula is C24H16FN2P. The molecule has 1 unspecified atom stereocenters. The maximum Gasteiger partial charge on any atom is 0.123 e. The molecule has 0 spiro atoms. The number of aromatic nitrogens is 2. The third kappa shape index (κ3) is 3.04. The van der Waals surface area contributed by atoms with Gasteiger partial charge >= 0.3 is 0 Å². The lowest BCUT2D eigenvalue weighted by Crippen LogP contribution is -1.90. The van der Waals surface area contributed by atoms with Crippen molar-refractivity contribution in [3.05, 3.63) is 91.0 Å². The smallest absolute Gasteiger partial charge is 0.123 e. The van der Waals surface area contributed by atoms with Crippen molar-refractivity contribution in [3.8, 4) is 22.3 Å². The molecule has 0 amide bonds. The van der Waals surface area contributed by atoms with Crippen LogP contribution in [-0.4, -0.2) is 9.97 Å². The van der Waals surface area contributed by atoms with Gasteiger partial charge in [-0.1, -0.05) is 48.5 Å². The van der Waals surface area contributed by atoms with Gasteiger partial charge in [-0.3, -0.25) is 9.97 Å². The van der Waals surface area contributed by atoms with E-state index in [0.29, 0.717) is 0 Å². The second-order valence-electron chi connectivity index (χ2n) is 6.79. The minimum atomic E-state index is -0.240. The van der Waals surface area contributed by atoms with Crippen LogP contribution >= 0.6 is 9.24 Å². The van der Waals surface area contributed by atoms with Crippen molar-refractivity contribution in [2.24, 2.45) is 0 Å². The minimum absolute atomic E-state index is 0.240. The quantitative estimate of drug-likeness (QED) is 0.287. The molecule has 0 aliphatic carbocycles. The zero-order chi connectivity index (χ0) is 19.1. The van der Waals surface area contributed by atoms with Crippen molar-refractivity contribution in [2.45, 2.75) is 0 Å². The maximum atomic E-state index is 13.2. The summed E-state index contributed by atoms with van der Waals surface area (Å²) in [7, 11) is 2.70. The van der Waals surface area contributed by atoms with Crippen molar-refractivity contribution < 1.29 is 4.39 Å². The summed E-state index contributed by atoms with van der Waals surface area (Å²) < 4.78 is 13.2. The van der Waals surface area contributed by atoms with Crippen molar-refractivity contribution in [2.75, 3.05) is 0 Å². The fourth-order valence-corrected chi connectivity index (χ4v) is 3.62. The van der Waals surface area contributed by atoms with E-state index in [1.807, 2.05) is 12.4 Å². The second-order valence-corrected chi connectivity index (χ2v) is 7.45. The first-order chi connectivity index (χ1) is 13.7. The van der Waals surface area contributed by atoms with Gasteiger partial charge in [0.05, 0.1) is 11.0 Å². The molecule has 28 heavy (non-hydrogen) atoms. The Hall–Kier alpha value is -3.16. The van der Waals surface area contributed by atoms with Gasteiger partial charge in [-0.05, 0) is 40.7 Å². The summed E-state index contributed by atoms with van der Waals surface area (Å²) in [6.07, 6.45) is 3.72. The number of rotatable bonds is 2. The van der Waals surface area contributed by atoms with Gasteiger partial charge in [0.15, 0.2) is 0 Å². The zero-order valence-electron chi connectivity index (χ0n) is 14.9. The maximum absolute atomic E-state index is 13.2. The van der Waals surface area contributed by atoms with Crippen LogP contribution in [0.3, 0.4) is 0 Å². The van der Waals surface area contributed by atoms with Crippen LogP contribution in [0.15, 0.2) is 85.2 Å². The molecule has 0 aliphatic rings. The molecule has 5 rings (SSSR count). The Morgan fingerprint density at radius 1 is 0.571 bits per heavy atom. The number of nitrogens with zero attached hydrogens (tertiary/aromatic N) is 2. The summed E-state index contributed by atoms with van der Waals surface area (Å²) >= 11 is 0. The number of halogens is 1. The molecule has 0 N–H and O–H groups in total. The minimum Gasteiger partial charge on any atom is -0.253 e. The van der Waals surface area contributed by atoms with E-state index in [4.69, 9.17) is 4.98 Å². The van der Waals surface area contributed by atoms with E-state index in [0.717, 1.165) is 49.4 Å². The van der Waals surface area contributed by atoms with E-state index >= 15 is 0 Å². The van der Waals surface area contributed by atoms with Crippen molar-refractivity contribution in [3.63, 3.8) is 0 Å². The Kier molecular flexibility index (Phi) is 4.11. The summed E-state index contributed by atoms with van der Waals surface area (Å²) in [5, 5.41) is 3.23. The lowest BCUT2D eigenvalue weighted by molar-refractivity contribution is 0.628.